The van der Waals surface area contributed by atoms with Gasteiger partial charge in [0.05, 0.1) is 0 Å². The van der Waals surface area contributed by atoms with Gasteiger partial charge < -0.3 is 15.2 Å². The number of carbonyl (C=O) groups is 1. The number of amides is 1. The fourth-order valence-electron chi connectivity index (χ4n) is 1.71. The summed E-state index contributed by atoms with van der Waals surface area (Å²) >= 11 is 0. The summed E-state index contributed by atoms with van der Waals surface area (Å²) in [5, 5.41) is 11.7. The summed E-state index contributed by atoms with van der Waals surface area (Å²) in [6.45, 7) is 4.29. The average Bonchev–Trinajstić information content (AvgIpc) is 2.44. The minimum atomic E-state index is -0.191. The molecule has 0 radical (unpaired) electrons. The Kier molecular flexibility index (Phi) is 6.78. The zero-order chi connectivity index (χ0) is 15.0. The van der Waals surface area contributed by atoms with Crippen LogP contribution in [0.5, 0.6) is 0 Å². The molecule has 1 aromatic carbocycles. The van der Waals surface area contributed by atoms with Crippen molar-refractivity contribution in [1.29, 1.82) is 0 Å². The Morgan fingerprint density at radius 3 is 2.90 bits per heavy atom. The summed E-state index contributed by atoms with van der Waals surface area (Å²) in [6.07, 6.45) is 0.769. The number of rotatable bonds is 5. The van der Waals surface area contributed by atoms with Crippen LogP contribution in [0.3, 0.4) is 0 Å². The summed E-state index contributed by atoms with van der Waals surface area (Å²) in [5.74, 6) is 5.32. The van der Waals surface area contributed by atoms with Crippen molar-refractivity contribution in [3.8, 4) is 11.8 Å². The van der Waals surface area contributed by atoms with Gasteiger partial charge in [-0.1, -0.05) is 17.9 Å². The molecule has 1 aromatic rings. The first-order valence-corrected chi connectivity index (χ1v) is 6.58. The second-order valence-corrected chi connectivity index (χ2v) is 4.65. The van der Waals surface area contributed by atoms with Crippen molar-refractivity contribution in [2.45, 2.75) is 26.3 Å². The van der Waals surface area contributed by atoms with Crippen LogP contribution in [0, 0.1) is 18.8 Å². The molecule has 0 aliphatic heterocycles. The highest BCUT2D eigenvalue weighted by Gasteiger charge is 2.10. The van der Waals surface area contributed by atoms with Crippen molar-refractivity contribution in [3.05, 3.63) is 34.9 Å². The summed E-state index contributed by atoms with van der Waals surface area (Å²) in [5.41, 5.74) is 2.31. The van der Waals surface area contributed by atoms with Crippen molar-refractivity contribution >= 4 is 5.91 Å². The number of benzene rings is 1. The third kappa shape index (κ3) is 5.04. The lowest BCUT2D eigenvalue weighted by molar-refractivity contribution is 0.0929. The number of aliphatic hydroxyl groups is 1. The quantitative estimate of drug-likeness (QED) is 0.801. The van der Waals surface area contributed by atoms with Crippen molar-refractivity contribution < 1.29 is 14.6 Å². The molecular formula is C16H21NO3. The molecule has 0 fully saturated rings. The fourth-order valence-corrected chi connectivity index (χ4v) is 1.71. The topological polar surface area (TPSA) is 58.6 Å². The number of hydrogen-bond acceptors (Lipinski definition) is 3. The van der Waals surface area contributed by atoms with Crippen molar-refractivity contribution in [1.82, 2.24) is 5.32 Å². The SMILES string of the molecule is COCCC(C)NC(=O)c1ccc(C)c(C#CCO)c1. The number of aliphatic hydroxyl groups excluding tert-OH is 1. The smallest absolute Gasteiger partial charge is 0.251 e. The number of ether oxygens (including phenoxy) is 1. The highest BCUT2D eigenvalue weighted by Crippen LogP contribution is 2.10. The molecule has 0 saturated heterocycles. The zero-order valence-electron chi connectivity index (χ0n) is 12.2. The van der Waals surface area contributed by atoms with Gasteiger partial charge >= 0.3 is 0 Å². The number of nitrogens with one attached hydrogen (secondary N) is 1. The van der Waals surface area contributed by atoms with Gasteiger partial charge in [-0.05, 0) is 38.0 Å². The van der Waals surface area contributed by atoms with Crippen LogP contribution in [0.4, 0.5) is 0 Å². The molecule has 1 amide bonds. The molecule has 4 heteroatoms. The highest BCUT2D eigenvalue weighted by molar-refractivity contribution is 5.94. The summed E-state index contributed by atoms with van der Waals surface area (Å²) in [7, 11) is 1.64. The molecule has 2 N–H and O–H groups in total. The van der Waals surface area contributed by atoms with Gasteiger partial charge in [-0.15, -0.1) is 0 Å². The van der Waals surface area contributed by atoms with E-state index in [0.717, 1.165) is 17.5 Å². The Balaban J connectivity index is 2.78. The predicted octanol–water partition coefficient (Wildman–Crippen LogP) is 1.49. The molecule has 4 nitrogen and oxygen atoms in total. The monoisotopic (exact) mass is 275 g/mol. The first-order valence-electron chi connectivity index (χ1n) is 6.58. The van der Waals surface area contributed by atoms with Gasteiger partial charge in [0, 0.05) is 30.9 Å². The van der Waals surface area contributed by atoms with Crippen LogP contribution < -0.4 is 5.32 Å². The molecular weight excluding hydrogens is 254 g/mol. The van der Waals surface area contributed by atoms with E-state index in [1.54, 1.807) is 19.2 Å². The van der Waals surface area contributed by atoms with E-state index >= 15 is 0 Å². The standard InChI is InChI=1S/C16H21NO3/c1-12-6-7-15(11-14(12)5-4-9-18)16(19)17-13(2)8-10-20-3/h6-7,11,13,18H,8-10H2,1-3H3,(H,17,19). The van der Waals surface area contributed by atoms with E-state index in [0.29, 0.717) is 12.2 Å². The van der Waals surface area contributed by atoms with Gasteiger partial charge in [0.1, 0.15) is 6.61 Å². The molecule has 1 atom stereocenters. The Labute approximate surface area is 120 Å². The zero-order valence-corrected chi connectivity index (χ0v) is 12.2. The van der Waals surface area contributed by atoms with Gasteiger partial charge in [0.25, 0.3) is 5.91 Å². The number of aryl methyl sites for hydroxylation is 1. The Bertz CT molecular complexity index is 514. The summed E-state index contributed by atoms with van der Waals surface area (Å²) in [6, 6.07) is 5.43. The highest BCUT2D eigenvalue weighted by atomic mass is 16.5. The first-order chi connectivity index (χ1) is 9.58. The largest absolute Gasteiger partial charge is 0.385 e. The number of carbonyl (C=O) groups excluding carboxylic acids is 1. The maximum atomic E-state index is 12.1. The van der Waals surface area contributed by atoms with E-state index in [-0.39, 0.29) is 18.6 Å². The van der Waals surface area contributed by atoms with E-state index in [4.69, 9.17) is 9.84 Å². The van der Waals surface area contributed by atoms with Gasteiger partial charge in [0.15, 0.2) is 0 Å². The van der Waals surface area contributed by atoms with E-state index in [1.165, 1.54) is 0 Å². The van der Waals surface area contributed by atoms with E-state index in [1.807, 2.05) is 19.9 Å². The van der Waals surface area contributed by atoms with Crippen LogP contribution in [0.25, 0.3) is 0 Å². The minimum absolute atomic E-state index is 0.0516. The van der Waals surface area contributed by atoms with Crippen LogP contribution in [-0.4, -0.2) is 37.4 Å². The third-order valence-electron chi connectivity index (χ3n) is 2.93. The number of hydrogen-bond donors (Lipinski definition) is 2. The van der Waals surface area contributed by atoms with Gasteiger partial charge in [0.2, 0.25) is 0 Å². The molecule has 0 bridgehead atoms. The lowest BCUT2D eigenvalue weighted by Gasteiger charge is -2.13. The van der Waals surface area contributed by atoms with Gasteiger partial charge in [-0.25, -0.2) is 0 Å². The lowest BCUT2D eigenvalue weighted by Crippen LogP contribution is -2.33. The molecule has 108 valence electrons. The molecule has 0 heterocycles. The van der Waals surface area contributed by atoms with Crippen LogP contribution in [0.15, 0.2) is 18.2 Å². The molecule has 20 heavy (non-hydrogen) atoms. The predicted molar refractivity (Wildman–Crippen MR) is 78.6 cm³/mol. The average molecular weight is 275 g/mol. The van der Waals surface area contributed by atoms with Crippen LogP contribution in [0.2, 0.25) is 0 Å². The number of methoxy groups -OCH3 is 1. The Morgan fingerprint density at radius 2 is 2.25 bits per heavy atom. The minimum Gasteiger partial charge on any atom is -0.385 e. The maximum Gasteiger partial charge on any atom is 0.251 e. The molecule has 0 aliphatic carbocycles. The summed E-state index contributed by atoms with van der Waals surface area (Å²) in [4.78, 5) is 12.1. The van der Waals surface area contributed by atoms with Crippen LogP contribution >= 0.6 is 0 Å². The molecule has 0 saturated carbocycles. The summed E-state index contributed by atoms with van der Waals surface area (Å²) < 4.78 is 4.99. The Hall–Kier alpha value is -1.83. The third-order valence-corrected chi connectivity index (χ3v) is 2.93. The van der Waals surface area contributed by atoms with Crippen molar-refractivity contribution in [3.63, 3.8) is 0 Å². The molecule has 0 aliphatic rings. The first kappa shape index (κ1) is 16.2. The van der Waals surface area contributed by atoms with E-state index < -0.39 is 0 Å². The second kappa shape index (κ2) is 8.36. The van der Waals surface area contributed by atoms with Crippen LogP contribution in [-0.2, 0) is 4.74 Å². The molecule has 0 aromatic heterocycles. The molecule has 1 rings (SSSR count). The van der Waals surface area contributed by atoms with Crippen LogP contribution in [0.1, 0.15) is 34.8 Å². The van der Waals surface area contributed by atoms with Crippen molar-refractivity contribution in [2.24, 2.45) is 0 Å². The normalized spacial score (nSPS) is 11.4. The second-order valence-electron chi connectivity index (χ2n) is 4.65. The van der Waals surface area contributed by atoms with Crippen molar-refractivity contribution in [2.75, 3.05) is 20.3 Å². The van der Waals surface area contributed by atoms with E-state index in [9.17, 15) is 4.79 Å². The van der Waals surface area contributed by atoms with Gasteiger partial charge in [-0.3, -0.25) is 4.79 Å². The maximum absolute atomic E-state index is 12.1. The van der Waals surface area contributed by atoms with Gasteiger partial charge in [-0.2, -0.15) is 0 Å². The molecule has 1 unspecified atom stereocenters. The molecule has 0 spiro atoms. The lowest BCUT2D eigenvalue weighted by atomic mass is 10.0. The van der Waals surface area contributed by atoms with E-state index in [2.05, 4.69) is 17.2 Å². The fraction of sp³-hybridized carbons (Fsp3) is 0.438. The Morgan fingerprint density at radius 1 is 1.50 bits per heavy atom.